The van der Waals surface area contributed by atoms with Crippen molar-refractivity contribution in [2.24, 2.45) is 0 Å². The highest BCUT2D eigenvalue weighted by molar-refractivity contribution is 5.92. The molecule has 3 rings (SSSR count). The normalized spacial score (nSPS) is 11.3. The van der Waals surface area contributed by atoms with E-state index in [0.29, 0.717) is 0 Å². The molecule has 0 N–H and O–H groups in total. The Labute approximate surface area is 162 Å². The number of fused-ring (bicyclic) bond motifs is 1. The average molecular weight is 424 g/mol. The largest absolute Gasteiger partial charge is 0.442 e. The Balaban J connectivity index is 2.27. The van der Waals surface area contributed by atoms with Crippen LogP contribution >= 0.6 is 0 Å². The number of hydrogen-bond acceptors (Lipinski definition) is 8. The van der Waals surface area contributed by atoms with Crippen LogP contribution in [0.2, 0.25) is 0 Å². The topological polar surface area (TPSA) is 152 Å². The Bertz CT molecular complexity index is 1180. The van der Waals surface area contributed by atoms with Gasteiger partial charge in [-0.25, -0.2) is 0 Å². The zero-order valence-electron chi connectivity index (χ0n) is 14.3. The molecule has 0 aliphatic heterocycles. The minimum atomic E-state index is -5.09. The van der Waals surface area contributed by atoms with E-state index in [2.05, 4.69) is 4.98 Å². The number of non-ortho nitro benzene ring substituents is 1. The summed E-state index contributed by atoms with van der Waals surface area (Å²) in [4.78, 5) is 34.4. The first-order chi connectivity index (χ1) is 14.0. The van der Waals surface area contributed by atoms with E-state index in [1.54, 1.807) is 0 Å². The second-order valence-electron chi connectivity index (χ2n) is 5.70. The summed E-state index contributed by atoms with van der Waals surface area (Å²) in [6, 6.07) is 4.82. The number of alkyl halides is 3. The molecule has 0 radical (unpaired) electrons. The molecule has 0 bridgehead atoms. The lowest BCUT2D eigenvalue weighted by atomic mass is 10.1. The van der Waals surface area contributed by atoms with Gasteiger partial charge in [0.05, 0.1) is 25.7 Å². The number of pyridine rings is 1. The Morgan fingerprint density at radius 1 is 0.867 bits per heavy atom. The lowest BCUT2D eigenvalue weighted by molar-refractivity contribution is -0.396. The fraction of sp³-hybridized carbons (Fsp3) is 0.0625. The summed E-state index contributed by atoms with van der Waals surface area (Å²) >= 11 is 0. The van der Waals surface area contributed by atoms with E-state index < -0.39 is 43.6 Å². The summed E-state index contributed by atoms with van der Waals surface area (Å²) in [6.07, 6.45) is -3.87. The Kier molecular flexibility index (Phi) is 4.91. The van der Waals surface area contributed by atoms with Gasteiger partial charge in [0, 0.05) is 24.4 Å². The van der Waals surface area contributed by atoms with Gasteiger partial charge in [-0.05, 0) is 18.2 Å². The predicted molar refractivity (Wildman–Crippen MR) is 93.2 cm³/mol. The first-order valence-corrected chi connectivity index (χ1v) is 7.74. The SMILES string of the molecule is O=[N+]([O-])c1cc(C(F)(F)F)cc([N+](=O)[O-])c1Oc1ccc([N+](=O)[O-])c2cccnc12. The van der Waals surface area contributed by atoms with Gasteiger partial charge in [-0.2, -0.15) is 13.2 Å². The van der Waals surface area contributed by atoms with Gasteiger partial charge < -0.3 is 4.74 Å². The smallest absolute Gasteiger partial charge is 0.416 e. The van der Waals surface area contributed by atoms with Gasteiger partial charge >= 0.3 is 17.6 Å². The summed E-state index contributed by atoms with van der Waals surface area (Å²) in [5, 5.41) is 33.7. The van der Waals surface area contributed by atoms with Gasteiger partial charge in [-0.1, -0.05) is 0 Å². The van der Waals surface area contributed by atoms with Crippen LogP contribution in [0.1, 0.15) is 5.56 Å². The molecule has 0 amide bonds. The molecule has 0 saturated heterocycles. The van der Waals surface area contributed by atoms with Crippen molar-refractivity contribution in [1.82, 2.24) is 4.98 Å². The second kappa shape index (κ2) is 7.23. The van der Waals surface area contributed by atoms with Crippen molar-refractivity contribution in [3.63, 3.8) is 0 Å². The minimum absolute atomic E-state index is 0.0442. The molecule has 0 fully saturated rings. The van der Waals surface area contributed by atoms with Crippen molar-refractivity contribution in [3.05, 3.63) is 78.5 Å². The van der Waals surface area contributed by atoms with E-state index in [0.717, 1.165) is 12.1 Å². The van der Waals surface area contributed by atoms with Crippen LogP contribution in [0.15, 0.2) is 42.6 Å². The molecule has 3 aromatic rings. The number of nitro benzene ring substituents is 3. The van der Waals surface area contributed by atoms with Crippen molar-refractivity contribution in [1.29, 1.82) is 0 Å². The highest BCUT2D eigenvalue weighted by Gasteiger charge is 2.39. The molecule has 0 unspecified atom stereocenters. The van der Waals surface area contributed by atoms with E-state index in [4.69, 9.17) is 4.74 Å². The van der Waals surface area contributed by atoms with Crippen LogP contribution in [0.5, 0.6) is 11.5 Å². The lowest BCUT2D eigenvalue weighted by Crippen LogP contribution is -2.08. The van der Waals surface area contributed by atoms with Crippen LogP contribution < -0.4 is 4.74 Å². The van der Waals surface area contributed by atoms with E-state index in [-0.39, 0.29) is 34.5 Å². The van der Waals surface area contributed by atoms with E-state index >= 15 is 0 Å². The Morgan fingerprint density at radius 2 is 1.43 bits per heavy atom. The van der Waals surface area contributed by atoms with Gasteiger partial charge in [-0.3, -0.25) is 35.3 Å². The second-order valence-corrected chi connectivity index (χ2v) is 5.70. The van der Waals surface area contributed by atoms with Gasteiger partial charge in [0.2, 0.25) is 0 Å². The zero-order chi connectivity index (χ0) is 22.2. The molecule has 30 heavy (non-hydrogen) atoms. The average Bonchev–Trinajstić information content (AvgIpc) is 2.66. The minimum Gasteiger partial charge on any atom is -0.442 e. The van der Waals surface area contributed by atoms with Gasteiger partial charge in [0.15, 0.2) is 5.75 Å². The first-order valence-electron chi connectivity index (χ1n) is 7.74. The number of nitrogens with zero attached hydrogens (tertiary/aromatic N) is 4. The molecule has 0 saturated carbocycles. The number of halogens is 3. The summed E-state index contributed by atoms with van der Waals surface area (Å²) in [7, 11) is 0. The molecule has 0 atom stereocenters. The molecule has 2 aromatic carbocycles. The van der Waals surface area contributed by atoms with Gasteiger partial charge in [0.25, 0.3) is 11.4 Å². The summed E-state index contributed by atoms with van der Waals surface area (Å²) < 4.78 is 44.2. The maximum absolute atomic E-state index is 13.0. The summed E-state index contributed by atoms with van der Waals surface area (Å²) in [5.74, 6) is -1.43. The highest BCUT2D eigenvalue weighted by atomic mass is 19.4. The third kappa shape index (κ3) is 3.65. The maximum atomic E-state index is 13.0. The van der Waals surface area contributed by atoms with Crippen molar-refractivity contribution in [3.8, 4) is 11.5 Å². The highest BCUT2D eigenvalue weighted by Crippen LogP contribution is 2.45. The molecule has 0 aliphatic carbocycles. The third-order valence-electron chi connectivity index (χ3n) is 3.89. The number of aromatic nitrogens is 1. The molecule has 0 spiro atoms. The number of nitro groups is 3. The maximum Gasteiger partial charge on any atom is 0.416 e. The molecular formula is C16H7F3N4O7. The zero-order valence-corrected chi connectivity index (χ0v) is 14.3. The molecule has 0 aliphatic rings. The van der Waals surface area contributed by atoms with Crippen molar-refractivity contribution < 1.29 is 32.7 Å². The van der Waals surface area contributed by atoms with Gasteiger partial charge in [0.1, 0.15) is 5.52 Å². The van der Waals surface area contributed by atoms with Crippen molar-refractivity contribution in [2.75, 3.05) is 0 Å². The van der Waals surface area contributed by atoms with Crippen LogP contribution in [0, 0.1) is 30.3 Å². The van der Waals surface area contributed by atoms with Crippen molar-refractivity contribution in [2.45, 2.75) is 6.18 Å². The molecule has 14 heteroatoms. The van der Waals surface area contributed by atoms with Gasteiger partial charge in [-0.15, -0.1) is 0 Å². The fourth-order valence-electron chi connectivity index (χ4n) is 2.62. The molecular weight excluding hydrogens is 417 g/mol. The van der Waals surface area contributed by atoms with E-state index in [1.807, 2.05) is 0 Å². The third-order valence-corrected chi connectivity index (χ3v) is 3.89. The Morgan fingerprint density at radius 3 is 1.93 bits per heavy atom. The van der Waals surface area contributed by atoms with Crippen LogP contribution in [0.3, 0.4) is 0 Å². The summed E-state index contributed by atoms with van der Waals surface area (Å²) in [6.45, 7) is 0. The van der Waals surface area contributed by atoms with E-state index in [1.165, 1.54) is 18.3 Å². The first kappa shape index (κ1) is 20.4. The van der Waals surface area contributed by atoms with Crippen LogP contribution in [-0.2, 0) is 6.18 Å². The number of rotatable bonds is 5. The van der Waals surface area contributed by atoms with Crippen molar-refractivity contribution >= 4 is 28.0 Å². The monoisotopic (exact) mass is 424 g/mol. The van der Waals surface area contributed by atoms with Crippen LogP contribution in [0.25, 0.3) is 10.9 Å². The number of hydrogen-bond donors (Lipinski definition) is 0. The number of ether oxygens (including phenoxy) is 1. The number of benzene rings is 2. The Hall–Kier alpha value is -4.36. The lowest BCUT2D eigenvalue weighted by Gasteiger charge is -2.12. The molecule has 1 aromatic heterocycles. The standard InChI is InChI=1S/C16H7F3N4O7/c17-16(18,19)8-6-11(22(26)27)15(12(7-8)23(28)29)30-13-4-3-10(21(24)25)9-2-1-5-20-14(9)13/h1-7H. The molecule has 11 nitrogen and oxygen atoms in total. The molecule has 154 valence electrons. The predicted octanol–water partition coefficient (Wildman–Crippen LogP) is 4.77. The molecule has 1 heterocycles. The van der Waals surface area contributed by atoms with E-state index in [9.17, 15) is 43.5 Å². The van der Waals surface area contributed by atoms with Crippen LogP contribution in [0.4, 0.5) is 30.2 Å². The summed E-state index contributed by atoms with van der Waals surface area (Å²) in [5.41, 5.74) is -4.78. The van der Waals surface area contributed by atoms with Crippen LogP contribution in [-0.4, -0.2) is 19.8 Å². The fourth-order valence-corrected chi connectivity index (χ4v) is 2.62. The quantitative estimate of drug-likeness (QED) is 0.419.